The van der Waals surface area contributed by atoms with Gasteiger partial charge < -0.3 is 9.64 Å². The van der Waals surface area contributed by atoms with Crippen LogP contribution in [0.3, 0.4) is 0 Å². The summed E-state index contributed by atoms with van der Waals surface area (Å²) in [7, 11) is -4.23. The second-order valence-corrected chi connectivity index (χ2v) is 8.09. The molecular formula is C17H23F3N2O4S. The first-order chi connectivity index (χ1) is 12.6. The number of halogens is 3. The average Bonchev–Trinajstić information content (AvgIpc) is 2.64. The second-order valence-electron chi connectivity index (χ2n) is 6.32. The number of carbonyl (C=O) groups is 1. The second kappa shape index (κ2) is 9.03. The Bertz CT molecular complexity index is 753. The van der Waals surface area contributed by atoms with Gasteiger partial charge in [-0.25, -0.2) is 13.1 Å². The largest absolute Gasteiger partial charge is 0.416 e. The molecule has 1 saturated heterocycles. The highest BCUT2D eigenvalue weighted by atomic mass is 32.2. The molecule has 1 unspecified atom stereocenters. The van der Waals surface area contributed by atoms with E-state index in [4.69, 9.17) is 4.74 Å². The van der Waals surface area contributed by atoms with Crippen LogP contribution in [0.25, 0.3) is 0 Å². The van der Waals surface area contributed by atoms with Crippen molar-refractivity contribution in [2.24, 2.45) is 0 Å². The van der Waals surface area contributed by atoms with Gasteiger partial charge in [0.2, 0.25) is 15.9 Å². The number of likely N-dealkylation sites (tertiary alicyclic amines) is 1. The summed E-state index contributed by atoms with van der Waals surface area (Å²) < 4.78 is 70.4. The van der Waals surface area contributed by atoms with Crippen molar-refractivity contribution < 1.29 is 31.1 Å². The standard InChI is InChI=1S/C17H23F3N2O4S/c1-2-9-26-14-6-4-8-22(12-14)16(23)11-21-27(24,25)15-7-3-5-13(10-15)17(18,19)20/h3,5,7,10,14,21H,2,4,6,8-9,11-12H2,1H3. The Morgan fingerprint density at radius 1 is 1.37 bits per heavy atom. The van der Waals surface area contributed by atoms with E-state index in [-0.39, 0.29) is 6.10 Å². The zero-order valence-electron chi connectivity index (χ0n) is 15.0. The topological polar surface area (TPSA) is 75.7 Å². The summed E-state index contributed by atoms with van der Waals surface area (Å²) in [5.41, 5.74) is -1.07. The van der Waals surface area contributed by atoms with Crippen molar-refractivity contribution in [2.75, 3.05) is 26.2 Å². The molecule has 1 aromatic carbocycles. The minimum atomic E-state index is -4.65. The molecule has 1 aromatic rings. The molecule has 0 radical (unpaired) electrons. The molecule has 0 saturated carbocycles. The summed E-state index contributed by atoms with van der Waals surface area (Å²) in [6, 6.07) is 3.40. The molecule has 1 amide bonds. The van der Waals surface area contributed by atoms with Gasteiger partial charge in [-0.15, -0.1) is 0 Å². The Balaban J connectivity index is 1.97. The van der Waals surface area contributed by atoms with Crippen molar-refractivity contribution in [3.05, 3.63) is 29.8 Å². The summed E-state index contributed by atoms with van der Waals surface area (Å²) in [6.07, 6.45) is -2.29. The Kier molecular flexibility index (Phi) is 7.24. The molecule has 1 atom stereocenters. The van der Waals surface area contributed by atoms with Crippen LogP contribution in [-0.2, 0) is 25.7 Å². The number of piperidine rings is 1. The van der Waals surface area contributed by atoms with E-state index < -0.39 is 39.1 Å². The lowest BCUT2D eigenvalue weighted by Gasteiger charge is -2.32. The highest BCUT2D eigenvalue weighted by Gasteiger charge is 2.32. The fourth-order valence-electron chi connectivity index (χ4n) is 2.78. The monoisotopic (exact) mass is 408 g/mol. The molecule has 1 heterocycles. The molecule has 2 rings (SSSR count). The summed E-state index contributed by atoms with van der Waals surface area (Å²) in [6.45, 7) is 2.93. The van der Waals surface area contributed by atoms with E-state index in [0.717, 1.165) is 37.5 Å². The third kappa shape index (κ3) is 6.18. The maximum Gasteiger partial charge on any atom is 0.416 e. The Hall–Kier alpha value is -1.65. The van der Waals surface area contributed by atoms with Crippen molar-refractivity contribution in [1.29, 1.82) is 0 Å². The quantitative estimate of drug-likeness (QED) is 0.752. The van der Waals surface area contributed by atoms with Crippen LogP contribution in [-0.4, -0.2) is 51.6 Å². The number of sulfonamides is 1. The number of nitrogens with one attached hydrogen (secondary N) is 1. The number of rotatable bonds is 7. The van der Waals surface area contributed by atoms with Crippen LogP contribution in [0.4, 0.5) is 13.2 Å². The van der Waals surface area contributed by atoms with E-state index in [9.17, 15) is 26.4 Å². The van der Waals surface area contributed by atoms with Crippen LogP contribution in [0.5, 0.6) is 0 Å². The molecule has 1 aliphatic rings. The molecule has 0 aromatic heterocycles. The molecule has 0 spiro atoms. The number of benzene rings is 1. The number of hydrogen-bond acceptors (Lipinski definition) is 4. The van der Waals surface area contributed by atoms with Gasteiger partial charge in [-0.3, -0.25) is 4.79 Å². The fourth-order valence-corrected chi connectivity index (χ4v) is 3.80. The smallest absolute Gasteiger partial charge is 0.376 e. The number of ether oxygens (including phenoxy) is 1. The Morgan fingerprint density at radius 2 is 2.11 bits per heavy atom. The van der Waals surface area contributed by atoms with Gasteiger partial charge in [0.05, 0.1) is 23.1 Å². The van der Waals surface area contributed by atoms with Gasteiger partial charge in [0.15, 0.2) is 0 Å². The van der Waals surface area contributed by atoms with Crippen LogP contribution >= 0.6 is 0 Å². The van der Waals surface area contributed by atoms with Crippen LogP contribution in [0.15, 0.2) is 29.2 Å². The van der Waals surface area contributed by atoms with Gasteiger partial charge in [-0.2, -0.15) is 13.2 Å². The highest BCUT2D eigenvalue weighted by Crippen LogP contribution is 2.30. The highest BCUT2D eigenvalue weighted by molar-refractivity contribution is 7.89. The maximum atomic E-state index is 12.8. The zero-order valence-corrected chi connectivity index (χ0v) is 15.8. The molecule has 10 heteroatoms. The SMILES string of the molecule is CCCOC1CCCN(C(=O)CNS(=O)(=O)c2cccc(C(F)(F)F)c2)C1. The number of carbonyl (C=O) groups excluding carboxylic acids is 1. The lowest BCUT2D eigenvalue weighted by atomic mass is 10.1. The van der Waals surface area contributed by atoms with Crippen LogP contribution in [0, 0.1) is 0 Å². The fraction of sp³-hybridized carbons (Fsp3) is 0.588. The van der Waals surface area contributed by atoms with E-state index in [2.05, 4.69) is 4.72 Å². The van der Waals surface area contributed by atoms with E-state index in [1.54, 1.807) is 0 Å². The third-order valence-corrected chi connectivity index (χ3v) is 5.57. The summed E-state index contributed by atoms with van der Waals surface area (Å²) in [5.74, 6) is -0.435. The molecule has 0 aliphatic carbocycles. The van der Waals surface area contributed by atoms with E-state index in [1.165, 1.54) is 4.90 Å². The molecule has 1 aliphatic heterocycles. The van der Waals surface area contributed by atoms with Gasteiger partial charge >= 0.3 is 6.18 Å². The minimum absolute atomic E-state index is 0.0808. The molecule has 1 N–H and O–H groups in total. The first-order valence-corrected chi connectivity index (χ1v) is 10.2. The molecular weight excluding hydrogens is 385 g/mol. The third-order valence-electron chi connectivity index (χ3n) is 4.17. The predicted molar refractivity (Wildman–Crippen MR) is 92.5 cm³/mol. The van der Waals surface area contributed by atoms with Gasteiger partial charge in [-0.05, 0) is 37.5 Å². The predicted octanol–water partition coefficient (Wildman–Crippen LogP) is 2.40. The number of alkyl halides is 3. The minimum Gasteiger partial charge on any atom is -0.376 e. The number of hydrogen-bond donors (Lipinski definition) is 1. The van der Waals surface area contributed by atoms with E-state index >= 15 is 0 Å². The van der Waals surface area contributed by atoms with Crippen LogP contribution < -0.4 is 4.72 Å². The van der Waals surface area contributed by atoms with Gasteiger partial charge in [0.1, 0.15) is 0 Å². The Morgan fingerprint density at radius 3 is 2.78 bits per heavy atom. The summed E-state index contributed by atoms with van der Waals surface area (Å²) in [5, 5.41) is 0. The van der Waals surface area contributed by atoms with E-state index in [0.29, 0.717) is 25.8 Å². The molecule has 27 heavy (non-hydrogen) atoms. The molecule has 1 fully saturated rings. The lowest BCUT2D eigenvalue weighted by molar-refractivity contribution is -0.137. The van der Waals surface area contributed by atoms with Gasteiger partial charge in [0.25, 0.3) is 0 Å². The molecule has 0 bridgehead atoms. The van der Waals surface area contributed by atoms with E-state index in [1.807, 2.05) is 6.92 Å². The number of amides is 1. The first kappa shape index (κ1) is 21.6. The first-order valence-electron chi connectivity index (χ1n) is 8.70. The van der Waals surface area contributed by atoms with Crippen molar-refractivity contribution in [3.8, 4) is 0 Å². The van der Waals surface area contributed by atoms with Gasteiger partial charge in [-0.1, -0.05) is 13.0 Å². The maximum absolute atomic E-state index is 12.8. The van der Waals surface area contributed by atoms with Crippen LogP contribution in [0.2, 0.25) is 0 Å². The van der Waals surface area contributed by atoms with Crippen molar-refractivity contribution in [1.82, 2.24) is 9.62 Å². The Labute approximate surface area is 156 Å². The summed E-state index contributed by atoms with van der Waals surface area (Å²) >= 11 is 0. The van der Waals surface area contributed by atoms with Crippen molar-refractivity contribution in [3.63, 3.8) is 0 Å². The molecule has 152 valence electrons. The average molecular weight is 408 g/mol. The molecule has 6 nitrogen and oxygen atoms in total. The normalized spacial score (nSPS) is 18.5. The number of nitrogens with zero attached hydrogens (tertiary/aromatic N) is 1. The zero-order chi connectivity index (χ0) is 20.1. The van der Waals surface area contributed by atoms with Crippen molar-refractivity contribution in [2.45, 2.75) is 43.4 Å². The van der Waals surface area contributed by atoms with Gasteiger partial charge in [0, 0.05) is 19.7 Å². The lowest BCUT2D eigenvalue weighted by Crippen LogP contribution is -2.47. The van der Waals surface area contributed by atoms with Crippen LogP contribution in [0.1, 0.15) is 31.7 Å². The van der Waals surface area contributed by atoms with Crippen molar-refractivity contribution >= 4 is 15.9 Å². The summed E-state index contributed by atoms with van der Waals surface area (Å²) in [4.78, 5) is 13.3.